The third kappa shape index (κ3) is 7.25. The predicted molar refractivity (Wildman–Crippen MR) is 88.4 cm³/mol. The van der Waals surface area contributed by atoms with Crippen molar-refractivity contribution in [3.63, 3.8) is 0 Å². The van der Waals surface area contributed by atoms with Gasteiger partial charge in [-0.3, -0.25) is 0 Å². The summed E-state index contributed by atoms with van der Waals surface area (Å²) in [4.78, 5) is 22.5. The van der Waals surface area contributed by atoms with Crippen LogP contribution in [0.4, 0.5) is 0 Å². The van der Waals surface area contributed by atoms with E-state index in [1.165, 1.54) is 0 Å². The van der Waals surface area contributed by atoms with E-state index in [1.807, 2.05) is 0 Å². The normalized spacial score (nSPS) is 15.1. The van der Waals surface area contributed by atoms with Gasteiger partial charge in [0.15, 0.2) is 0 Å². The van der Waals surface area contributed by atoms with Gasteiger partial charge in [-0.1, -0.05) is 74.5 Å². The molecule has 2 unspecified atom stereocenters. The minimum atomic E-state index is -3.28. The van der Waals surface area contributed by atoms with Crippen LogP contribution in [0.3, 0.4) is 0 Å². The molecule has 0 fully saturated rings. The molecule has 0 N–H and O–H groups in total. The third-order valence-electron chi connectivity index (χ3n) is 3.13. The van der Waals surface area contributed by atoms with Crippen LogP contribution in [0.25, 0.3) is 0 Å². The fourth-order valence-electron chi connectivity index (χ4n) is 1.68. The fourth-order valence-corrected chi connectivity index (χ4v) is 3.66. The van der Waals surface area contributed by atoms with E-state index in [2.05, 4.69) is 0 Å². The molecule has 0 aromatic heterocycles. The fraction of sp³-hybridized carbons (Fsp3) is 0.250. The minimum absolute atomic E-state index is 0. The Bertz CT molecular complexity index is 603. The third-order valence-corrected chi connectivity index (χ3v) is 6.97. The first kappa shape index (κ1) is 22.4. The summed E-state index contributed by atoms with van der Waals surface area (Å²) in [7, 11) is -6.55. The molecule has 120 valence electrons. The van der Waals surface area contributed by atoms with Crippen LogP contribution in [0.1, 0.15) is 13.8 Å². The summed E-state index contributed by atoms with van der Waals surface area (Å²) in [6, 6.07) is 17.0. The Balaban J connectivity index is 0.000000403. The Morgan fingerprint density at radius 2 is 0.957 bits per heavy atom. The van der Waals surface area contributed by atoms with Crippen molar-refractivity contribution in [2.75, 3.05) is 12.3 Å². The summed E-state index contributed by atoms with van der Waals surface area (Å²) in [6.45, 7) is 3.31. The Kier molecular flexibility index (Phi) is 10.1. The molecule has 0 aliphatic rings. The maximum absolute atomic E-state index is 11.2. The average molecular weight is 404 g/mol. The molecule has 0 bridgehead atoms. The molecule has 0 saturated heterocycles. The monoisotopic (exact) mass is 402 g/mol. The van der Waals surface area contributed by atoms with E-state index in [-0.39, 0.29) is 31.8 Å². The van der Waals surface area contributed by atoms with Gasteiger partial charge in [-0.05, 0) is 22.9 Å². The largest absolute Gasteiger partial charge is 2.00 e. The summed E-state index contributed by atoms with van der Waals surface area (Å²) in [6.07, 6.45) is 0.383. The van der Waals surface area contributed by atoms with Crippen LogP contribution in [0.5, 0.6) is 0 Å². The molecule has 0 spiro atoms. The maximum atomic E-state index is 11.2. The van der Waals surface area contributed by atoms with Gasteiger partial charge in [0.2, 0.25) is 0 Å². The van der Waals surface area contributed by atoms with Gasteiger partial charge in [0.1, 0.15) is 0 Å². The van der Waals surface area contributed by atoms with Crippen LogP contribution < -0.4 is 20.4 Å². The molecule has 2 rings (SSSR count). The van der Waals surface area contributed by atoms with Crippen molar-refractivity contribution in [1.29, 1.82) is 0 Å². The van der Waals surface area contributed by atoms with E-state index < -0.39 is 14.7 Å². The molecule has 4 nitrogen and oxygen atoms in total. The number of hydrogen-bond donors (Lipinski definition) is 0. The zero-order valence-electron chi connectivity index (χ0n) is 13.4. The van der Waals surface area contributed by atoms with E-state index in [4.69, 9.17) is 0 Å². The smallest absolute Gasteiger partial charge is 0.796 e. The molecular weight excluding hydrogens is 384 g/mol. The summed E-state index contributed by atoms with van der Waals surface area (Å²) in [5, 5.41) is 0.866. The molecule has 0 aliphatic carbocycles. The molecule has 0 amide bonds. The number of benzene rings is 2. The zero-order chi connectivity index (χ0) is 16.6. The first-order chi connectivity index (χ1) is 10.3. The van der Waals surface area contributed by atoms with Crippen LogP contribution in [-0.4, -0.2) is 12.3 Å². The second-order valence-electron chi connectivity index (χ2n) is 4.65. The Hall–Kier alpha value is -0.557. The van der Waals surface area contributed by atoms with E-state index in [1.54, 1.807) is 74.5 Å². The molecule has 0 heterocycles. The van der Waals surface area contributed by atoms with E-state index >= 15 is 0 Å². The Morgan fingerprint density at radius 1 is 0.696 bits per heavy atom. The zero-order valence-corrected chi connectivity index (χ0v) is 18.2. The molecule has 0 aliphatic heterocycles. The van der Waals surface area contributed by atoms with E-state index in [9.17, 15) is 18.9 Å². The summed E-state index contributed by atoms with van der Waals surface area (Å²) in [5.74, 6) is 0. The van der Waals surface area contributed by atoms with Crippen molar-refractivity contribution in [2.24, 2.45) is 0 Å². The first-order valence-electron chi connectivity index (χ1n) is 7.05. The van der Waals surface area contributed by atoms with Crippen molar-refractivity contribution in [1.82, 2.24) is 0 Å². The van der Waals surface area contributed by atoms with Crippen LogP contribution >= 0.6 is 14.7 Å². The topological polar surface area (TPSA) is 80.3 Å². The van der Waals surface area contributed by atoms with Crippen molar-refractivity contribution in [2.45, 2.75) is 13.8 Å². The van der Waals surface area contributed by atoms with Crippen molar-refractivity contribution < 1.29 is 38.4 Å². The molecule has 2 atom stereocenters. The number of hydrogen-bond acceptors (Lipinski definition) is 4. The second-order valence-corrected chi connectivity index (χ2v) is 9.64. The van der Waals surface area contributed by atoms with Gasteiger partial charge in [-0.25, -0.2) is 0 Å². The molecule has 2 aromatic carbocycles. The van der Waals surface area contributed by atoms with Gasteiger partial charge in [-0.15, -0.1) is 0 Å². The second kappa shape index (κ2) is 10.3. The van der Waals surface area contributed by atoms with E-state index in [0.29, 0.717) is 10.6 Å². The Labute approximate surface area is 150 Å². The van der Waals surface area contributed by atoms with Crippen LogP contribution in [0, 0.1) is 0 Å². The van der Waals surface area contributed by atoms with Crippen LogP contribution in [-0.2, 0) is 28.6 Å². The van der Waals surface area contributed by atoms with Crippen molar-refractivity contribution >= 4 is 25.3 Å². The van der Waals surface area contributed by atoms with Gasteiger partial charge in [0.25, 0.3) is 0 Å². The standard InChI is InChI=1S/2C8H11O2P.Zn/c2*1-2-11(9,10)8-6-4-3-5-7-8;/h2*3-7H,2H2,1H3,(H,9,10);/q;;+2/p-2. The van der Waals surface area contributed by atoms with Gasteiger partial charge in [0, 0.05) is 14.7 Å². The van der Waals surface area contributed by atoms with Gasteiger partial charge in [-0.2, -0.15) is 0 Å². The molecule has 23 heavy (non-hydrogen) atoms. The predicted octanol–water partition coefficient (Wildman–Crippen LogP) is 1.94. The van der Waals surface area contributed by atoms with Crippen molar-refractivity contribution in [3.8, 4) is 0 Å². The Morgan fingerprint density at radius 3 is 1.17 bits per heavy atom. The molecule has 0 radical (unpaired) electrons. The minimum Gasteiger partial charge on any atom is -0.796 e. The first-order valence-corrected chi connectivity index (χ1v) is 10.7. The van der Waals surface area contributed by atoms with Crippen molar-refractivity contribution in [3.05, 3.63) is 60.7 Å². The summed E-state index contributed by atoms with van der Waals surface area (Å²) in [5.41, 5.74) is 0. The SMILES string of the molecule is CCP(=O)([O-])c1ccccc1.CCP(=O)([O-])c1ccccc1.[Zn+2]. The van der Waals surface area contributed by atoms with Gasteiger partial charge < -0.3 is 18.9 Å². The maximum Gasteiger partial charge on any atom is 2.00 e. The molecule has 0 saturated carbocycles. The van der Waals surface area contributed by atoms with E-state index in [0.717, 1.165) is 0 Å². The quantitative estimate of drug-likeness (QED) is 0.577. The summed E-state index contributed by atoms with van der Waals surface area (Å²) >= 11 is 0. The van der Waals surface area contributed by atoms with Gasteiger partial charge >= 0.3 is 19.5 Å². The van der Waals surface area contributed by atoms with Crippen LogP contribution in [0.15, 0.2) is 60.7 Å². The summed E-state index contributed by atoms with van der Waals surface area (Å²) < 4.78 is 22.5. The molecular formula is C16H20O4P2Zn. The number of rotatable bonds is 4. The average Bonchev–Trinajstić information content (AvgIpc) is 2.57. The van der Waals surface area contributed by atoms with Crippen LogP contribution in [0.2, 0.25) is 0 Å². The van der Waals surface area contributed by atoms with Gasteiger partial charge in [0.05, 0.1) is 0 Å². The molecule has 2 aromatic rings. The molecule has 7 heteroatoms.